The van der Waals surface area contributed by atoms with Gasteiger partial charge < -0.3 is 0 Å². The van der Waals surface area contributed by atoms with E-state index in [1.807, 2.05) is 19.1 Å². The van der Waals surface area contributed by atoms with Crippen molar-refractivity contribution in [2.45, 2.75) is 24.7 Å². The van der Waals surface area contributed by atoms with E-state index in [1.54, 1.807) is 12.1 Å². The first kappa shape index (κ1) is 16.0. The number of rotatable bonds is 5. The van der Waals surface area contributed by atoms with Crippen LogP contribution in [-0.4, -0.2) is 8.42 Å². The third-order valence-electron chi connectivity index (χ3n) is 2.96. The van der Waals surface area contributed by atoms with E-state index in [9.17, 15) is 12.8 Å². The molecule has 0 saturated carbocycles. The lowest BCUT2D eigenvalue weighted by atomic mass is 10.1. The Kier molecular flexibility index (Phi) is 5.00. The van der Waals surface area contributed by atoms with Crippen molar-refractivity contribution in [2.75, 3.05) is 4.72 Å². The van der Waals surface area contributed by atoms with Gasteiger partial charge in [-0.2, -0.15) is 0 Å². The van der Waals surface area contributed by atoms with Crippen LogP contribution in [0.1, 0.15) is 18.9 Å². The van der Waals surface area contributed by atoms with Crippen LogP contribution in [0.25, 0.3) is 0 Å². The van der Waals surface area contributed by atoms with Crippen LogP contribution in [0.15, 0.2) is 51.8 Å². The molecule has 0 atom stereocenters. The summed E-state index contributed by atoms with van der Waals surface area (Å²) in [6.07, 6.45) is 1.65. The highest BCUT2D eigenvalue weighted by Gasteiger charge is 2.20. The minimum Gasteiger partial charge on any atom is -0.279 e. The molecule has 0 bridgehead atoms. The van der Waals surface area contributed by atoms with Gasteiger partial charge in [0.05, 0.1) is 5.69 Å². The molecule has 0 saturated heterocycles. The smallest absolute Gasteiger partial charge is 0.264 e. The molecule has 2 aromatic carbocycles. The van der Waals surface area contributed by atoms with E-state index < -0.39 is 15.8 Å². The molecule has 0 amide bonds. The fourth-order valence-corrected chi connectivity index (χ4v) is 3.49. The van der Waals surface area contributed by atoms with Gasteiger partial charge in [0.25, 0.3) is 10.0 Å². The molecular formula is C15H15BrFNO2S. The summed E-state index contributed by atoms with van der Waals surface area (Å²) in [6.45, 7) is 2.01. The van der Waals surface area contributed by atoms with Crippen molar-refractivity contribution >= 4 is 31.6 Å². The van der Waals surface area contributed by atoms with Crippen molar-refractivity contribution in [3.8, 4) is 0 Å². The molecule has 0 fully saturated rings. The number of halogens is 2. The van der Waals surface area contributed by atoms with Gasteiger partial charge in [-0.05, 0) is 36.2 Å². The van der Waals surface area contributed by atoms with Gasteiger partial charge in [-0.15, -0.1) is 0 Å². The second-order valence-corrected chi connectivity index (χ2v) is 7.15. The summed E-state index contributed by atoms with van der Waals surface area (Å²) in [5.74, 6) is -0.787. The summed E-state index contributed by atoms with van der Waals surface area (Å²) in [4.78, 5) is -0.364. The Hall–Kier alpha value is -1.40. The van der Waals surface area contributed by atoms with Crippen LogP contribution in [0.2, 0.25) is 0 Å². The maximum absolute atomic E-state index is 13.8. The number of para-hydroxylation sites is 1. The predicted molar refractivity (Wildman–Crippen MR) is 85.3 cm³/mol. The molecule has 2 aromatic rings. The summed E-state index contributed by atoms with van der Waals surface area (Å²) >= 11 is 3.11. The van der Waals surface area contributed by atoms with Gasteiger partial charge in [0.2, 0.25) is 0 Å². The Morgan fingerprint density at radius 1 is 1.19 bits per heavy atom. The number of hydrogen-bond donors (Lipinski definition) is 1. The average Bonchev–Trinajstić information content (AvgIpc) is 2.40. The van der Waals surface area contributed by atoms with Crippen LogP contribution in [-0.2, 0) is 16.4 Å². The summed E-state index contributed by atoms with van der Waals surface area (Å²) in [5.41, 5.74) is 1.38. The molecule has 0 heterocycles. The van der Waals surface area contributed by atoms with E-state index in [0.717, 1.165) is 24.5 Å². The van der Waals surface area contributed by atoms with Gasteiger partial charge in [0.1, 0.15) is 10.7 Å². The maximum atomic E-state index is 13.8. The fourth-order valence-electron chi connectivity index (χ4n) is 2.00. The first-order chi connectivity index (χ1) is 9.94. The van der Waals surface area contributed by atoms with Crippen molar-refractivity contribution in [1.82, 2.24) is 0 Å². The lowest BCUT2D eigenvalue weighted by Gasteiger charge is -2.12. The van der Waals surface area contributed by atoms with Gasteiger partial charge in [-0.3, -0.25) is 4.72 Å². The molecule has 3 nitrogen and oxygen atoms in total. The lowest BCUT2D eigenvalue weighted by molar-refractivity contribution is 0.570. The molecule has 21 heavy (non-hydrogen) atoms. The Balaban J connectivity index is 2.38. The minimum atomic E-state index is -3.95. The lowest BCUT2D eigenvalue weighted by Crippen LogP contribution is -2.15. The molecule has 0 aliphatic rings. The number of aryl methyl sites for hydroxylation is 1. The third kappa shape index (κ3) is 3.83. The second-order valence-electron chi connectivity index (χ2n) is 4.59. The van der Waals surface area contributed by atoms with E-state index in [0.29, 0.717) is 10.2 Å². The van der Waals surface area contributed by atoms with Crippen LogP contribution in [0, 0.1) is 5.82 Å². The van der Waals surface area contributed by atoms with Gasteiger partial charge in [-0.25, -0.2) is 12.8 Å². The summed E-state index contributed by atoms with van der Waals surface area (Å²) in [5, 5.41) is 0. The average molecular weight is 372 g/mol. The van der Waals surface area contributed by atoms with Crippen LogP contribution in [0.3, 0.4) is 0 Å². The van der Waals surface area contributed by atoms with Gasteiger partial charge in [0.15, 0.2) is 0 Å². The highest BCUT2D eigenvalue weighted by Crippen LogP contribution is 2.24. The van der Waals surface area contributed by atoms with Crippen LogP contribution in [0.5, 0.6) is 0 Å². The first-order valence-corrected chi connectivity index (χ1v) is 8.77. The standard InChI is InChI=1S/C15H15BrFNO2S/c1-2-5-11-6-3-4-7-14(11)18-21(19,20)15-9-8-12(16)10-13(15)17/h3-4,6-10,18H,2,5H2,1H3. The van der Waals surface area contributed by atoms with Crippen LogP contribution in [0.4, 0.5) is 10.1 Å². The molecule has 1 N–H and O–H groups in total. The second kappa shape index (κ2) is 6.58. The molecule has 0 radical (unpaired) electrons. The molecular weight excluding hydrogens is 357 g/mol. The van der Waals surface area contributed by atoms with Gasteiger partial charge >= 0.3 is 0 Å². The maximum Gasteiger partial charge on any atom is 0.264 e. The zero-order chi connectivity index (χ0) is 15.5. The van der Waals surface area contributed by atoms with Crippen molar-refractivity contribution in [1.29, 1.82) is 0 Å². The minimum absolute atomic E-state index is 0.364. The molecule has 0 spiro atoms. The van der Waals surface area contributed by atoms with E-state index in [4.69, 9.17) is 0 Å². The Morgan fingerprint density at radius 2 is 1.90 bits per heavy atom. The van der Waals surface area contributed by atoms with E-state index >= 15 is 0 Å². The highest BCUT2D eigenvalue weighted by molar-refractivity contribution is 9.10. The van der Waals surface area contributed by atoms with Crippen LogP contribution < -0.4 is 4.72 Å². The fraction of sp³-hybridized carbons (Fsp3) is 0.200. The molecule has 0 unspecified atom stereocenters. The van der Waals surface area contributed by atoms with Gasteiger partial charge in [0, 0.05) is 4.47 Å². The summed E-state index contributed by atoms with van der Waals surface area (Å²) in [7, 11) is -3.95. The zero-order valence-corrected chi connectivity index (χ0v) is 13.8. The third-order valence-corrected chi connectivity index (χ3v) is 4.86. The van der Waals surface area contributed by atoms with E-state index in [1.165, 1.54) is 12.1 Å². The van der Waals surface area contributed by atoms with E-state index in [-0.39, 0.29) is 4.90 Å². The first-order valence-electron chi connectivity index (χ1n) is 6.50. The van der Waals surface area contributed by atoms with Crippen LogP contribution >= 0.6 is 15.9 Å². The Morgan fingerprint density at radius 3 is 2.57 bits per heavy atom. The van der Waals surface area contributed by atoms with Gasteiger partial charge in [-0.1, -0.05) is 47.5 Å². The van der Waals surface area contributed by atoms with Crippen molar-refractivity contribution in [2.24, 2.45) is 0 Å². The molecule has 2 rings (SSSR count). The SMILES string of the molecule is CCCc1ccccc1NS(=O)(=O)c1ccc(Br)cc1F. The molecule has 0 aliphatic heterocycles. The molecule has 0 aromatic heterocycles. The molecule has 0 aliphatic carbocycles. The molecule has 112 valence electrons. The number of benzene rings is 2. The summed E-state index contributed by atoms with van der Waals surface area (Å²) in [6, 6.07) is 11.0. The summed E-state index contributed by atoms with van der Waals surface area (Å²) < 4.78 is 41.5. The topological polar surface area (TPSA) is 46.2 Å². The Labute approximate surface area is 132 Å². The Bertz CT molecular complexity index is 747. The van der Waals surface area contributed by atoms with Crippen molar-refractivity contribution in [3.05, 3.63) is 58.3 Å². The zero-order valence-electron chi connectivity index (χ0n) is 11.4. The monoisotopic (exact) mass is 371 g/mol. The number of anilines is 1. The number of sulfonamides is 1. The predicted octanol–water partition coefficient (Wildman–Crippen LogP) is 4.34. The largest absolute Gasteiger partial charge is 0.279 e. The quantitative estimate of drug-likeness (QED) is 0.849. The number of hydrogen-bond acceptors (Lipinski definition) is 2. The normalized spacial score (nSPS) is 11.4. The van der Waals surface area contributed by atoms with Crippen molar-refractivity contribution < 1.29 is 12.8 Å². The highest BCUT2D eigenvalue weighted by atomic mass is 79.9. The number of nitrogens with one attached hydrogen (secondary N) is 1. The molecule has 6 heteroatoms. The van der Waals surface area contributed by atoms with E-state index in [2.05, 4.69) is 20.7 Å². The van der Waals surface area contributed by atoms with Crippen molar-refractivity contribution in [3.63, 3.8) is 0 Å².